The largest absolute Gasteiger partial charge is 0.478 e. The molecule has 1 aromatic heterocycles. The number of para-hydroxylation sites is 2. The Morgan fingerprint density at radius 3 is 2.74 bits per heavy atom. The average molecular weight is 378 g/mol. The van der Waals surface area contributed by atoms with Crippen LogP contribution in [-0.4, -0.2) is 23.0 Å². The minimum atomic E-state index is -0.955. The Kier molecular flexibility index (Phi) is 4.64. The molecule has 0 bridgehead atoms. The Morgan fingerprint density at radius 1 is 1.11 bits per heavy atom. The van der Waals surface area contributed by atoms with Gasteiger partial charge >= 0.3 is 5.97 Å². The lowest BCUT2D eigenvalue weighted by atomic mass is 10.0. The fourth-order valence-corrected chi connectivity index (χ4v) is 4.12. The maximum absolute atomic E-state index is 12.8. The number of rotatable bonds is 5. The van der Waals surface area contributed by atoms with Gasteiger partial charge in [0.05, 0.1) is 16.9 Å². The number of benzene rings is 2. The molecule has 1 amide bonds. The first kappa shape index (κ1) is 17.3. The van der Waals surface area contributed by atoms with Crippen molar-refractivity contribution in [2.75, 3.05) is 10.2 Å². The Balaban J connectivity index is 1.71. The van der Waals surface area contributed by atoms with Crippen molar-refractivity contribution in [3.05, 3.63) is 82.0 Å². The molecule has 1 unspecified atom stereocenters. The van der Waals surface area contributed by atoms with Crippen LogP contribution in [0, 0.1) is 0 Å². The number of thiophene rings is 1. The summed E-state index contributed by atoms with van der Waals surface area (Å²) in [6.45, 7) is 0.460. The molecule has 0 aliphatic carbocycles. The third-order valence-electron chi connectivity index (χ3n) is 4.65. The van der Waals surface area contributed by atoms with E-state index < -0.39 is 5.97 Å². The molecule has 0 saturated heterocycles. The van der Waals surface area contributed by atoms with Crippen molar-refractivity contribution < 1.29 is 14.7 Å². The van der Waals surface area contributed by atoms with Crippen molar-refractivity contribution in [3.63, 3.8) is 0 Å². The van der Waals surface area contributed by atoms with Gasteiger partial charge in [0.1, 0.15) is 6.04 Å². The topological polar surface area (TPSA) is 69.6 Å². The van der Waals surface area contributed by atoms with Gasteiger partial charge < -0.3 is 15.3 Å². The molecule has 1 aliphatic rings. The number of carbonyl (C=O) groups is 2. The van der Waals surface area contributed by atoms with Gasteiger partial charge in [-0.25, -0.2) is 4.79 Å². The molecule has 3 aromatic rings. The van der Waals surface area contributed by atoms with Crippen LogP contribution in [0.1, 0.15) is 20.8 Å². The number of carboxylic acids is 1. The van der Waals surface area contributed by atoms with Gasteiger partial charge in [-0.05, 0) is 41.3 Å². The van der Waals surface area contributed by atoms with E-state index in [1.165, 1.54) is 0 Å². The summed E-state index contributed by atoms with van der Waals surface area (Å²) in [5, 5.41) is 14.3. The summed E-state index contributed by atoms with van der Waals surface area (Å²) in [6.07, 6.45) is 0.608. The van der Waals surface area contributed by atoms with E-state index >= 15 is 0 Å². The molecule has 6 heteroatoms. The molecule has 4 rings (SSSR count). The van der Waals surface area contributed by atoms with Crippen LogP contribution in [0.4, 0.5) is 11.4 Å². The van der Waals surface area contributed by atoms with Crippen LogP contribution in [0.15, 0.2) is 66.0 Å². The van der Waals surface area contributed by atoms with Gasteiger partial charge in [0, 0.05) is 17.8 Å². The smallest absolute Gasteiger partial charge is 0.335 e. The molecular formula is C21H18N2O3S. The zero-order valence-corrected chi connectivity index (χ0v) is 15.3. The monoisotopic (exact) mass is 378 g/mol. The molecule has 2 heterocycles. The van der Waals surface area contributed by atoms with Gasteiger partial charge in [0.15, 0.2) is 0 Å². The van der Waals surface area contributed by atoms with E-state index in [1.807, 2.05) is 47.8 Å². The Labute approximate surface area is 160 Å². The minimum absolute atomic E-state index is 0.0449. The third-order valence-corrected chi connectivity index (χ3v) is 5.55. The van der Waals surface area contributed by atoms with Crippen LogP contribution in [0.5, 0.6) is 0 Å². The first-order valence-corrected chi connectivity index (χ1v) is 9.51. The van der Waals surface area contributed by atoms with E-state index in [4.69, 9.17) is 0 Å². The number of amides is 1. The first-order valence-electron chi connectivity index (χ1n) is 8.63. The molecule has 2 N–H and O–H groups in total. The van der Waals surface area contributed by atoms with Crippen LogP contribution in [0.3, 0.4) is 0 Å². The first-order chi connectivity index (χ1) is 13.1. The van der Waals surface area contributed by atoms with E-state index in [9.17, 15) is 14.7 Å². The highest BCUT2D eigenvalue weighted by molar-refractivity contribution is 7.09. The molecule has 0 fully saturated rings. The van der Waals surface area contributed by atoms with Crippen molar-refractivity contribution in [3.8, 4) is 0 Å². The van der Waals surface area contributed by atoms with Gasteiger partial charge in [0.25, 0.3) is 0 Å². The van der Waals surface area contributed by atoms with Crippen LogP contribution >= 0.6 is 11.3 Å². The second-order valence-corrected chi connectivity index (χ2v) is 7.47. The zero-order valence-electron chi connectivity index (χ0n) is 14.5. The summed E-state index contributed by atoms with van der Waals surface area (Å²) in [6, 6.07) is 18.2. The number of hydrogen-bond acceptors (Lipinski definition) is 4. The van der Waals surface area contributed by atoms with Crippen molar-refractivity contribution in [2.24, 2.45) is 0 Å². The number of nitrogens with one attached hydrogen (secondary N) is 1. The van der Waals surface area contributed by atoms with Crippen molar-refractivity contribution in [2.45, 2.75) is 19.0 Å². The highest BCUT2D eigenvalue weighted by Gasteiger charge is 2.33. The molecule has 5 nitrogen and oxygen atoms in total. The quantitative estimate of drug-likeness (QED) is 0.704. The van der Waals surface area contributed by atoms with E-state index in [-0.39, 0.29) is 17.5 Å². The molecule has 0 saturated carbocycles. The molecule has 2 aromatic carbocycles. The Hall–Kier alpha value is -3.12. The predicted octanol–water partition coefficient (Wildman–Crippen LogP) is 4.02. The summed E-state index contributed by atoms with van der Waals surface area (Å²) >= 11 is 1.63. The van der Waals surface area contributed by atoms with E-state index in [0.717, 1.165) is 21.8 Å². The van der Waals surface area contributed by atoms with E-state index in [0.29, 0.717) is 13.0 Å². The van der Waals surface area contributed by atoms with Gasteiger partial charge in [-0.2, -0.15) is 0 Å². The third kappa shape index (κ3) is 3.57. The van der Waals surface area contributed by atoms with Gasteiger partial charge in [-0.3, -0.25) is 4.79 Å². The highest BCUT2D eigenvalue weighted by Crippen LogP contribution is 2.34. The predicted molar refractivity (Wildman–Crippen MR) is 106 cm³/mol. The molecule has 0 spiro atoms. The number of fused-ring (bicyclic) bond motifs is 1. The Bertz CT molecular complexity index is 985. The molecule has 136 valence electrons. The van der Waals surface area contributed by atoms with E-state index in [2.05, 4.69) is 10.2 Å². The number of carbonyl (C=O) groups excluding carboxylic acids is 1. The summed E-state index contributed by atoms with van der Waals surface area (Å²) in [5.41, 5.74) is 2.83. The van der Waals surface area contributed by atoms with Crippen LogP contribution in [0.2, 0.25) is 0 Å². The summed E-state index contributed by atoms with van der Waals surface area (Å²) < 4.78 is 0. The van der Waals surface area contributed by atoms with Crippen molar-refractivity contribution in [1.82, 2.24) is 0 Å². The number of carboxylic acid groups (broad SMARTS) is 1. The summed E-state index contributed by atoms with van der Waals surface area (Å²) in [7, 11) is 0. The molecule has 1 aliphatic heterocycles. The van der Waals surface area contributed by atoms with Crippen LogP contribution in [-0.2, 0) is 17.8 Å². The molecule has 0 radical (unpaired) electrons. The van der Waals surface area contributed by atoms with Crippen LogP contribution in [0.25, 0.3) is 0 Å². The number of aromatic carboxylic acids is 1. The summed E-state index contributed by atoms with van der Waals surface area (Å²) in [4.78, 5) is 27.3. The van der Waals surface area contributed by atoms with Gasteiger partial charge in [-0.1, -0.05) is 30.3 Å². The number of anilines is 2. The van der Waals surface area contributed by atoms with Gasteiger partial charge in [0.2, 0.25) is 5.91 Å². The lowest BCUT2D eigenvalue weighted by Gasteiger charge is -2.38. The molecule has 27 heavy (non-hydrogen) atoms. The van der Waals surface area contributed by atoms with Crippen molar-refractivity contribution >= 4 is 34.6 Å². The standard InChI is InChI=1S/C21H18N2O3S/c24-20-19(12-16-7-4-10-27-16)23(18-9-2-1-8-17(18)22-20)13-14-5-3-6-15(11-14)21(25)26/h1-11,19H,12-13H2,(H,22,24)(H,25,26). The second kappa shape index (κ2) is 7.25. The fraction of sp³-hybridized carbons (Fsp3) is 0.143. The van der Waals surface area contributed by atoms with E-state index in [1.54, 1.807) is 29.5 Å². The lowest BCUT2D eigenvalue weighted by molar-refractivity contribution is -0.117. The lowest BCUT2D eigenvalue weighted by Crippen LogP contribution is -2.48. The zero-order chi connectivity index (χ0) is 18.8. The van der Waals surface area contributed by atoms with Crippen molar-refractivity contribution in [1.29, 1.82) is 0 Å². The van der Waals surface area contributed by atoms with Crippen LogP contribution < -0.4 is 10.2 Å². The normalized spacial score (nSPS) is 15.9. The maximum Gasteiger partial charge on any atom is 0.335 e. The minimum Gasteiger partial charge on any atom is -0.478 e. The Morgan fingerprint density at radius 2 is 1.96 bits per heavy atom. The highest BCUT2D eigenvalue weighted by atomic mass is 32.1. The average Bonchev–Trinajstić information content (AvgIpc) is 3.18. The molecular weight excluding hydrogens is 360 g/mol. The fourth-order valence-electron chi connectivity index (χ4n) is 3.37. The molecule has 1 atom stereocenters. The number of hydrogen-bond donors (Lipinski definition) is 2. The second-order valence-electron chi connectivity index (χ2n) is 6.44. The summed E-state index contributed by atoms with van der Waals surface area (Å²) in [5.74, 6) is -1.000. The van der Waals surface area contributed by atoms with Gasteiger partial charge in [-0.15, -0.1) is 11.3 Å². The number of nitrogens with zero attached hydrogens (tertiary/aromatic N) is 1. The maximum atomic E-state index is 12.8. The SMILES string of the molecule is O=C(O)c1cccc(CN2c3ccccc3NC(=O)C2Cc2cccs2)c1.